The van der Waals surface area contributed by atoms with Gasteiger partial charge < -0.3 is 20.3 Å². The van der Waals surface area contributed by atoms with E-state index in [1.165, 1.54) is 0 Å². The van der Waals surface area contributed by atoms with Crippen molar-refractivity contribution >= 4 is 23.3 Å². The lowest BCUT2D eigenvalue weighted by Crippen LogP contribution is -2.43. The molecule has 0 saturated carbocycles. The van der Waals surface area contributed by atoms with Crippen LogP contribution in [0.25, 0.3) is 0 Å². The van der Waals surface area contributed by atoms with Gasteiger partial charge in [-0.05, 0) is 24.6 Å². The van der Waals surface area contributed by atoms with Gasteiger partial charge in [0.15, 0.2) is 0 Å². The molecule has 1 heterocycles. The zero-order valence-electron chi connectivity index (χ0n) is 13.3. The van der Waals surface area contributed by atoms with Crippen molar-refractivity contribution in [2.24, 2.45) is 5.92 Å². The summed E-state index contributed by atoms with van der Waals surface area (Å²) in [7, 11) is 0. The molecule has 0 atom stereocenters. The lowest BCUT2D eigenvalue weighted by molar-refractivity contribution is -0.118. The molecule has 1 aliphatic rings. The largest absolute Gasteiger partial charge is 0.378 e. The third-order valence-corrected chi connectivity index (χ3v) is 3.57. The number of hydrogen-bond donors (Lipinski definition) is 2. The van der Waals surface area contributed by atoms with Crippen LogP contribution in [0.5, 0.6) is 0 Å². The van der Waals surface area contributed by atoms with Gasteiger partial charge >= 0.3 is 6.03 Å². The van der Waals surface area contributed by atoms with E-state index in [-0.39, 0.29) is 17.9 Å². The Hall–Kier alpha value is -2.08. The minimum Gasteiger partial charge on any atom is -0.378 e. The molecule has 120 valence electrons. The summed E-state index contributed by atoms with van der Waals surface area (Å²) >= 11 is 0. The van der Waals surface area contributed by atoms with Crippen molar-refractivity contribution in [2.45, 2.75) is 20.8 Å². The van der Waals surface area contributed by atoms with Crippen LogP contribution >= 0.6 is 0 Å². The zero-order chi connectivity index (χ0) is 16.1. The van der Waals surface area contributed by atoms with Crippen LogP contribution in [0.4, 0.5) is 16.2 Å². The number of rotatable bonds is 3. The molecule has 2 N–H and O–H groups in total. The molecule has 0 unspecified atom stereocenters. The number of amides is 3. The van der Waals surface area contributed by atoms with Crippen LogP contribution in [-0.4, -0.2) is 43.1 Å². The highest BCUT2D eigenvalue weighted by molar-refractivity contribution is 5.94. The number of hydrogen-bond acceptors (Lipinski definition) is 3. The van der Waals surface area contributed by atoms with E-state index in [9.17, 15) is 9.59 Å². The second kappa shape index (κ2) is 7.26. The quantitative estimate of drug-likeness (QED) is 0.901. The Labute approximate surface area is 130 Å². The highest BCUT2D eigenvalue weighted by atomic mass is 16.5. The fraction of sp³-hybridized carbons (Fsp3) is 0.500. The molecular formula is C16H23N3O3. The molecule has 0 radical (unpaired) electrons. The molecule has 0 aromatic heterocycles. The molecule has 22 heavy (non-hydrogen) atoms. The molecule has 2 rings (SSSR count). The summed E-state index contributed by atoms with van der Waals surface area (Å²) in [5, 5.41) is 5.74. The molecule has 1 saturated heterocycles. The maximum absolute atomic E-state index is 12.2. The third-order valence-electron chi connectivity index (χ3n) is 3.57. The number of anilines is 2. The van der Waals surface area contributed by atoms with Crippen molar-refractivity contribution in [1.82, 2.24) is 4.90 Å². The molecule has 1 aromatic rings. The molecule has 6 nitrogen and oxygen atoms in total. The molecular weight excluding hydrogens is 282 g/mol. The zero-order valence-corrected chi connectivity index (χ0v) is 13.3. The fourth-order valence-electron chi connectivity index (χ4n) is 2.08. The smallest absolute Gasteiger partial charge is 0.322 e. The first-order valence-electron chi connectivity index (χ1n) is 7.52. The number of benzene rings is 1. The van der Waals surface area contributed by atoms with Gasteiger partial charge in [0.05, 0.1) is 13.2 Å². The number of urea groups is 1. The first kappa shape index (κ1) is 16.3. The van der Waals surface area contributed by atoms with E-state index in [0.29, 0.717) is 37.7 Å². The predicted octanol–water partition coefficient (Wildman–Crippen LogP) is 2.45. The number of carbonyl (C=O) groups is 2. The predicted molar refractivity (Wildman–Crippen MR) is 86.1 cm³/mol. The standard InChI is InChI=1S/C16H23N3O3/c1-11(2)15(20)17-13-5-4-12(3)14(10-13)18-16(21)19-6-8-22-9-7-19/h4-5,10-11H,6-9H2,1-3H3,(H,17,20)(H,18,21). The van der Waals surface area contributed by atoms with E-state index in [0.717, 1.165) is 5.56 Å². The van der Waals surface area contributed by atoms with E-state index in [1.807, 2.05) is 32.9 Å². The minimum absolute atomic E-state index is 0.0469. The first-order chi connectivity index (χ1) is 10.5. The number of morpholine rings is 1. The van der Waals surface area contributed by atoms with Crippen molar-refractivity contribution < 1.29 is 14.3 Å². The maximum atomic E-state index is 12.2. The molecule has 1 fully saturated rings. The molecule has 0 aliphatic carbocycles. The van der Waals surface area contributed by atoms with Crippen LogP contribution in [0.15, 0.2) is 18.2 Å². The summed E-state index contributed by atoms with van der Waals surface area (Å²) in [5.74, 6) is -0.137. The van der Waals surface area contributed by atoms with E-state index in [1.54, 1.807) is 11.0 Å². The van der Waals surface area contributed by atoms with Crippen LogP contribution in [0, 0.1) is 12.8 Å². The average Bonchev–Trinajstić information content (AvgIpc) is 2.51. The average molecular weight is 305 g/mol. The molecule has 0 spiro atoms. The number of aryl methyl sites for hydroxylation is 1. The van der Waals surface area contributed by atoms with Crippen molar-refractivity contribution in [3.05, 3.63) is 23.8 Å². The Morgan fingerprint density at radius 2 is 1.86 bits per heavy atom. The number of ether oxygens (including phenoxy) is 1. The number of nitrogens with one attached hydrogen (secondary N) is 2. The topological polar surface area (TPSA) is 70.7 Å². The van der Waals surface area contributed by atoms with Gasteiger partial charge in [0, 0.05) is 30.4 Å². The van der Waals surface area contributed by atoms with Gasteiger partial charge in [0.1, 0.15) is 0 Å². The van der Waals surface area contributed by atoms with E-state index < -0.39 is 0 Å². The number of nitrogens with zero attached hydrogens (tertiary/aromatic N) is 1. The monoisotopic (exact) mass is 305 g/mol. The Balaban J connectivity index is 2.06. The Morgan fingerprint density at radius 1 is 1.18 bits per heavy atom. The molecule has 1 aliphatic heterocycles. The summed E-state index contributed by atoms with van der Waals surface area (Å²) in [4.78, 5) is 25.7. The highest BCUT2D eigenvalue weighted by Crippen LogP contribution is 2.21. The van der Waals surface area contributed by atoms with Crippen LogP contribution in [0.2, 0.25) is 0 Å². The van der Waals surface area contributed by atoms with E-state index >= 15 is 0 Å². The minimum atomic E-state index is -0.140. The van der Waals surface area contributed by atoms with E-state index in [4.69, 9.17) is 4.74 Å². The van der Waals surface area contributed by atoms with Crippen LogP contribution in [0.1, 0.15) is 19.4 Å². The Morgan fingerprint density at radius 3 is 2.50 bits per heavy atom. The first-order valence-corrected chi connectivity index (χ1v) is 7.52. The summed E-state index contributed by atoms with van der Waals surface area (Å²) < 4.78 is 5.24. The fourth-order valence-corrected chi connectivity index (χ4v) is 2.08. The van der Waals surface area contributed by atoms with Gasteiger partial charge in [0.25, 0.3) is 0 Å². The Kier molecular flexibility index (Phi) is 5.38. The van der Waals surface area contributed by atoms with Gasteiger partial charge in [0.2, 0.25) is 5.91 Å². The Bertz CT molecular complexity index is 552. The van der Waals surface area contributed by atoms with Gasteiger partial charge in [-0.2, -0.15) is 0 Å². The van der Waals surface area contributed by atoms with Crippen LogP contribution in [0.3, 0.4) is 0 Å². The normalized spacial score (nSPS) is 14.8. The van der Waals surface area contributed by atoms with E-state index in [2.05, 4.69) is 10.6 Å². The second-order valence-corrected chi connectivity index (χ2v) is 5.70. The van der Waals surface area contributed by atoms with Gasteiger partial charge in [-0.3, -0.25) is 4.79 Å². The summed E-state index contributed by atoms with van der Waals surface area (Å²) in [6.45, 7) is 7.91. The lowest BCUT2D eigenvalue weighted by Gasteiger charge is -2.27. The van der Waals surface area contributed by atoms with Crippen LogP contribution < -0.4 is 10.6 Å². The molecule has 6 heteroatoms. The lowest BCUT2D eigenvalue weighted by atomic mass is 10.1. The highest BCUT2D eigenvalue weighted by Gasteiger charge is 2.17. The molecule has 3 amide bonds. The van der Waals surface area contributed by atoms with Crippen molar-refractivity contribution in [3.63, 3.8) is 0 Å². The number of carbonyl (C=O) groups excluding carboxylic acids is 2. The summed E-state index contributed by atoms with van der Waals surface area (Å²) in [5.41, 5.74) is 2.34. The summed E-state index contributed by atoms with van der Waals surface area (Å²) in [6.07, 6.45) is 0. The van der Waals surface area contributed by atoms with Crippen molar-refractivity contribution in [2.75, 3.05) is 36.9 Å². The van der Waals surface area contributed by atoms with Crippen molar-refractivity contribution in [3.8, 4) is 0 Å². The summed E-state index contributed by atoms with van der Waals surface area (Å²) in [6, 6.07) is 5.36. The SMILES string of the molecule is Cc1ccc(NC(=O)C(C)C)cc1NC(=O)N1CCOCC1. The van der Waals surface area contributed by atoms with Crippen molar-refractivity contribution in [1.29, 1.82) is 0 Å². The van der Waals surface area contributed by atoms with Gasteiger partial charge in [-0.25, -0.2) is 4.79 Å². The third kappa shape index (κ3) is 4.21. The maximum Gasteiger partial charge on any atom is 0.322 e. The molecule has 1 aromatic carbocycles. The second-order valence-electron chi connectivity index (χ2n) is 5.70. The van der Waals surface area contributed by atoms with Gasteiger partial charge in [-0.1, -0.05) is 19.9 Å². The van der Waals surface area contributed by atoms with Crippen LogP contribution in [-0.2, 0) is 9.53 Å². The van der Waals surface area contributed by atoms with Gasteiger partial charge in [-0.15, -0.1) is 0 Å². The molecule has 0 bridgehead atoms.